The van der Waals surface area contributed by atoms with Crippen LogP contribution in [0.1, 0.15) is 19.5 Å². The Morgan fingerprint density at radius 3 is 2.48 bits per heavy atom. The van der Waals surface area contributed by atoms with E-state index in [-0.39, 0.29) is 5.82 Å². The van der Waals surface area contributed by atoms with E-state index in [0.29, 0.717) is 22.6 Å². The molecule has 0 aliphatic rings. The van der Waals surface area contributed by atoms with E-state index in [1.807, 2.05) is 18.2 Å². The maximum Gasteiger partial charge on any atom is 0.158 e. The van der Waals surface area contributed by atoms with Gasteiger partial charge in [-0.15, -0.1) is 0 Å². The van der Waals surface area contributed by atoms with Crippen LogP contribution in [0.5, 0.6) is 5.75 Å². The van der Waals surface area contributed by atoms with E-state index in [9.17, 15) is 8.42 Å². The van der Waals surface area contributed by atoms with Gasteiger partial charge in [-0.3, -0.25) is 5.10 Å². The van der Waals surface area contributed by atoms with Gasteiger partial charge in [0.25, 0.3) is 0 Å². The summed E-state index contributed by atoms with van der Waals surface area (Å²) in [4.78, 5) is 0. The number of rotatable bonds is 4. The Hall–Kier alpha value is -2.02. The monoisotopic (exact) mass is 309 g/mol. The lowest BCUT2D eigenvalue weighted by Gasteiger charge is -2.23. The van der Waals surface area contributed by atoms with Crippen LogP contribution in [0.25, 0.3) is 11.1 Å². The summed E-state index contributed by atoms with van der Waals surface area (Å²) < 4.78 is 28.3. The number of anilines is 1. The number of nitrogens with one attached hydrogen (secondary N) is 1. The number of hydrogen-bond donors (Lipinski definition) is 2. The lowest BCUT2D eigenvalue weighted by molar-refractivity contribution is 0.416. The molecule has 7 heteroatoms. The number of aromatic amines is 1. The predicted molar refractivity (Wildman–Crippen MR) is 82.9 cm³/mol. The normalized spacial score (nSPS) is 12.4. The number of benzene rings is 1. The van der Waals surface area contributed by atoms with Crippen LogP contribution in [0.2, 0.25) is 0 Å². The zero-order valence-electron chi connectivity index (χ0n) is 12.5. The van der Waals surface area contributed by atoms with Crippen molar-refractivity contribution in [3.8, 4) is 16.9 Å². The lowest BCUT2D eigenvalue weighted by Crippen LogP contribution is -2.29. The van der Waals surface area contributed by atoms with Gasteiger partial charge in [0.1, 0.15) is 10.5 Å². The van der Waals surface area contributed by atoms with Gasteiger partial charge in [-0.2, -0.15) is 5.10 Å². The van der Waals surface area contributed by atoms with Crippen LogP contribution < -0.4 is 10.5 Å². The van der Waals surface area contributed by atoms with Crippen molar-refractivity contribution in [2.45, 2.75) is 18.6 Å². The Morgan fingerprint density at radius 1 is 1.29 bits per heavy atom. The topological polar surface area (TPSA) is 98.1 Å². The highest BCUT2D eigenvalue weighted by molar-refractivity contribution is 7.91. The molecule has 0 aliphatic heterocycles. The number of H-pyrrole nitrogens is 1. The molecule has 0 atom stereocenters. The van der Waals surface area contributed by atoms with Crippen LogP contribution in [-0.2, 0) is 14.6 Å². The summed E-state index contributed by atoms with van der Waals surface area (Å²) in [7, 11) is -1.81. The van der Waals surface area contributed by atoms with E-state index in [1.165, 1.54) is 6.26 Å². The van der Waals surface area contributed by atoms with E-state index in [4.69, 9.17) is 10.5 Å². The molecule has 0 spiro atoms. The first-order chi connectivity index (χ1) is 9.70. The molecule has 1 aromatic heterocycles. The van der Waals surface area contributed by atoms with Crippen LogP contribution in [0.3, 0.4) is 0 Å². The SMILES string of the molecule is COc1ccccc1-c1c(N)n[nH]c1C(C)(C)S(C)(=O)=O. The van der Waals surface area contributed by atoms with Crippen molar-refractivity contribution in [2.75, 3.05) is 19.1 Å². The minimum absolute atomic E-state index is 0.242. The van der Waals surface area contributed by atoms with Gasteiger partial charge in [-0.05, 0) is 19.9 Å². The second-order valence-electron chi connectivity index (χ2n) is 5.34. The van der Waals surface area contributed by atoms with Crippen LogP contribution in [-0.4, -0.2) is 32.0 Å². The molecule has 0 aliphatic carbocycles. The summed E-state index contributed by atoms with van der Waals surface area (Å²) in [5, 5.41) is 6.74. The number of para-hydroxylation sites is 1. The Labute approximate surface area is 124 Å². The van der Waals surface area contributed by atoms with E-state index < -0.39 is 14.6 Å². The second-order valence-corrected chi connectivity index (χ2v) is 7.91. The van der Waals surface area contributed by atoms with Gasteiger partial charge < -0.3 is 10.5 Å². The van der Waals surface area contributed by atoms with Gasteiger partial charge in [0, 0.05) is 11.8 Å². The third-order valence-corrected chi connectivity index (χ3v) is 5.76. The van der Waals surface area contributed by atoms with Crippen LogP contribution in [0, 0.1) is 0 Å². The molecule has 0 saturated carbocycles. The zero-order valence-corrected chi connectivity index (χ0v) is 13.3. The number of aromatic nitrogens is 2. The summed E-state index contributed by atoms with van der Waals surface area (Å²) in [5.74, 6) is 0.849. The summed E-state index contributed by atoms with van der Waals surface area (Å²) in [6.45, 7) is 3.24. The molecule has 0 amide bonds. The van der Waals surface area contributed by atoms with Gasteiger partial charge in [0.15, 0.2) is 15.7 Å². The molecule has 0 radical (unpaired) electrons. The Balaban J connectivity index is 2.76. The summed E-state index contributed by atoms with van der Waals surface area (Å²) in [6, 6.07) is 7.28. The first kappa shape index (κ1) is 15.4. The van der Waals surface area contributed by atoms with Crippen molar-refractivity contribution in [3.63, 3.8) is 0 Å². The average Bonchev–Trinajstić information content (AvgIpc) is 2.79. The van der Waals surface area contributed by atoms with Crippen molar-refractivity contribution in [2.24, 2.45) is 0 Å². The van der Waals surface area contributed by atoms with Gasteiger partial charge >= 0.3 is 0 Å². The smallest absolute Gasteiger partial charge is 0.158 e. The van der Waals surface area contributed by atoms with Crippen molar-refractivity contribution < 1.29 is 13.2 Å². The largest absolute Gasteiger partial charge is 0.496 e. The van der Waals surface area contributed by atoms with E-state index in [1.54, 1.807) is 27.0 Å². The number of hydrogen-bond acceptors (Lipinski definition) is 5. The quantitative estimate of drug-likeness (QED) is 0.899. The molecule has 1 heterocycles. The minimum atomic E-state index is -3.36. The molecular formula is C14H19N3O3S. The highest BCUT2D eigenvalue weighted by Gasteiger charge is 2.37. The van der Waals surface area contributed by atoms with Gasteiger partial charge in [-0.1, -0.05) is 18.2 Å². The molecule has 6 nitrogen and oxygen atoms in total. The molecule has 3 N–H and O–H groups in total. The fourth-order valence-corrected chi connectivity index (χ4v) is 2.62. The molecule has 2 aromatic rings. The molecule has 0 bridgehead atoms. The Morgan fingerprint density at radius 2 is 1.90 bits per heavy atom. The van der Waals surface area contributed by atoms with Gasteiger partial charge in [0.05, 0.1) is 18.4 Å². The number of sulfone groups is 1. The summed E-state index contributed by atoms with van der Waals surface area (Å²) in [5.41, 5.74) is 7.66. The van der Waals surface area contributed by atoms with Crippen LogP contribution in [0.15, 0.2) is 24.3 Å². The van der Waals surface area contributed by atoms with Crippen molar-refractivity contribution in [3.05, 3.63) is 30.0 Å². The molecule has 21 heavy (non-hydrogen) atoms. The standard InChI is InChI=1S/C14H19N3O3S/c1-14(2,21(4,18)19)12-11(13(15)17-16-12)9-7-5-6-8-10(9)20-3/h5-8H,1-4H3,(H3,15,16,17). The third-order valence-electron chi connectivity index (χ3n) is 3.70. The molecule has 1 aromatic carbocycles. The third kappa shape index (κ3) is 2.49. The summed E-state index contributed by atoms with van der Waals surface area (Å²) in [6.07, 6.45) is 1.19. The second kappa shape index (κ2) is 5.07. The predicted octanol–water partition coefficient (Wildman–Crippen LogP) is 1.95. The highest BCUT2D eigenvalue weighted by Crippen LogP contribution is 2.41. The zero-order chi connectivity index (χ0) is 15.8. The highest BCUT2D eigenvalue weighted by atomic mass is 32.2. The number of nitrogen functional groups attached to an aromatic ring is 1. The molecular weight excluding hydrogens is 290 g/mol. The maximum atomic E-state index is 12.1. The maximum absolute atomic E-state index is 12.1. The molecule has 0 unspecified atom stereocenters. The lowest BCUT2D eigenvalue weighted by atomic mass is 9.98. The van der Waals surface area contributed by atoms with Crippen molar-refractivity contribution in [1.29, 1.82) is 0 Å². The Bertz CT molecular complexity index is 764. The van der Waals surface area contributed by atoms with Gasteiger partial charge in [-0.25, -0.2) is 8.42 Å². The molecule has 0 saturated heterocycles. The van der Waals surface area contributed by atoms with Crippen molar-refractivity contribution in [1.82, 2.24) is 10.2 Å². The number of ether oxygens (including phenoxy) is 1. The van der Waals surface area contributed by atoms with Gasteiger partial charge in [0.2, 0.25) is 0 Å². The number of nitrogens with two attached hydrogens (primary N) is 1. The average molecular weight is 309 g/mol. The molecule has 0 fully saturated rings. The molecule has 2 rings (SSSR count). The fourth-order valence-electron chi connectivity index (χ4n) is 2.10. The molecule has 114 valence electrons. The first-order valence-electron chi connectivity index (χ1n) is 6.37. The fraction of sp³-hybridized carbons (Fsp3) is 0.357. The van der Waals surface area contributed by atoms with Crippen LogP contribution in [0.4, 0.5) is 5.82 Å². The minimum Gasteiger partial charge on any atom is -0.496 e. The van der Waals surface area contributed by atoms with E-state index >= 15 is 0 Å². The van der Waals surface area contributed by atoms with Crippen LogP contribution >= 0.6 is 0 Å². The first-order valence-corrected chi connectivity index (χ1v) is 8.26. The summed E-state index contributed by atoms with van der Waals surface area (Å²) >= 11 is 0. The van der Waals surface area contributed by atoms with E-state index in [2.05, 4.69) is 10.2 Å². The Kier molecular flexibility index (Phi) is 3.71. The van der Waals surface area contributed by atoms with E-state index in [0.717, 1.165) is 0 Å². The number of methoxy groups -OCH3 is 1. The van der Waals surface area contributed by atoms with Crippen molar-refractivity contribution >= 4 is 15.7 Å². The number of nitrogens with zero attached hydrogens (tertiary/aromatic N) is 1.